The van der Waals surface area contributed by atoms with Crippen molar-refractivity contribution >= 4 is 35.2 Å². The Bertz CT molecular complexity index is 978. The lowest BCUT2D eigenvalue weighted by molar-refractivity contribution is -0.136. The largest absolute Gasteiger partial charge is 0.465 e. The third-order valence-corrected chi connectivity index (χ3v) is 7.17. The quantitative estimate of drug-likeness (QED) is 0.783. The van der Waals surface area contributed by atoms with Gasteiger partial charge in [0.2, 0.25) is 11.8 Å². The number of rotatable bonds is 4. The van der Waals surface area contributed by atoms with Crippen LogP contribution in [0.3, 0.4) is 0 Å². The number of nitrogens with one attached hydrogen (secondary N) is 1. The maximum atomic E-state index is 13.1. The molecule has 2 aliphatic rings. The van der Waals surface area contributed by atoms with Gasteiger partial charge in [-0.15, -0.1) is 11.8 Å². The first-order valence-electron chi connectivity index (χ1n) is 9.48. The van der Waals surface area contributed by atoms with E-state index in [0.717, 1.165) is 11.1 Å². The molecule has 0 aliphatic carbocycles. The van der Waals surface area contributed by atoms with Crippen LogP contribution in [-0.4, -0.2) is 41.6 Å². The van der Waals surface area contributed by atoms with Crippen molar-refractivity contribution in [2.24, 2.45) is 0 Å². The summed E-state index contributed by atoms with van der Waals surface area (Å²) in [6, 6.07) is 14.4. The average Bonchev–Trinajstić information content (AvgIpc) is 3.29. The summed E-state index contributed by atoms with van der Waals surface area (Å²) in [6.07, 6.45) is 1.13. The molecular weight excluding hydrogens is 388 g/mol. The summed E-state index contributed by atoms with van der Waals surface area (Å²) >= 11 is 1.65. The molecule has 0 radical (unpaired) electrons. The number of nitrogens with zero attached hydrogens (tertiary/aromatic N) is 1. The van der Waals surface area contributed by atoms with Crippen LogP contribution >= 0.6 is 11.8 Å². The van der Waals surface area contributed by atoms with Crippen molar-refractivity contribution in [1.29, 1.82) is 0 Å². The van der Waals surface area contributed by atoms with Gasteiger partial charge in [0.25, 0.3) is 0 Å². The first-order valence-corrected chi connectivity index (χ1v) is 10.5. The predicted molar refractivity (Wildman–Crippen MR) is 112 cm³/mol. The van der Waals surface area contributed by atoms with Gasteiger partial charge in [-0.25, -0.2) is 4.79 Å². The summed E-state index contributed by atoms with van der Waals surface area (Å²) in [6.45, 7) is 1.86. The van der Waals surface area contributed by atoms with Crippen molar-refractivity contribution in [3.05, 3.63) is 65.2 Å². The van der Waals surface area contributed by atoms with Crippen molar-refractivity contribution in [1.82, 2.24) is 4.90 Å². The number of anilines is 1. The number of fused-ring (bicyclic) bond motifs is 1. The van der Waals surface area contributed by atoms with Crippen LogP contribution in [0.2, 0.25) is 0 Å². The van der Waals surface area contributed by atoms with Gasteiger partial charge >= 0.3 is 5.97 Å². The number of methoxy groups -OCH3 is 1. The van der Waals surface area contributed by atoms with Gasteiger partial charge in [-0.3, -0.25) is 9.59 Å². The molecule has 0 bridgehead atoms. The monoisotopic (exact) mass is 410 g/mol. The van der Waals surface area contributed by atoms with Gasteiger partial charge in [-0.2, -0.15) is 0 Å². The molecule has 1 N–H and O–H groups in total. The summed E-state index contributed by atoms with van der Waals surface area (Å²) < 4.78 is 4.76. The molecule has 0 aromatic heterocycles. The van der Waals surface area contributed by atoms with E-state index in [1.54, 1.807) is 34.9 Å². The lowest BCUT2D eigenvalue weighted by Gasteiger charge is -2.34. The van der Waals surface area contributed by atoms with Gasteiger partial charge < -0.3 is 15.0 Å². The van der Waals surface area contributed by atoms with Crippen LogP contribution in [0.5, 0.6) is 0 Å². The normalized spacial score (nSPS) is 23.0. The minimum absolute atomic E-state index is 0.000892. The van der Waals surface area contributed by atoms with E-state index in [1.807, 2.05) is 37.3 Å². The number of esters is 1. The minimum Gasteiger partial charge on any atom is -0.465 e. The van der Waals surface area contributed by atoms with E-state index in [-0.39, 0.29) is 11.8 Å². The maximum Gasteiger partial charge on any atom is 0.337 e. The number of carbonyl (C=O) groups excluding carboxylic acids is 3. The van der Waals surface area contributed by atoms with E-state index in [9.17, 15) is 14.4 Å². The smallest absolute Gasteiger partial charge is 0.337 e. The first-order chi connectivity index (χ1) is 14.0. The molecule has 2 fully saturated rings. The molecule has 2 aromatic rings. The molecule has 29 heavy (non-hydrogen) atoms. The number of ether oxygens (including phenoxy) is 1. The molecule has 6 nitrogen and oxygen atoms in total. The zero-order valence-corrected chi connectivity index (χ0v) is 17.1. The predicted octanol–water partition coefficient (Wildman–Crippen LogP) is 3.31. The van der Waals surface area contributed by atoms with Crippen LogP contribution in [0.4, 0.5) is 5.69 Å². The summed E-state index contributed by atoms with van der Waals surface area (Å²) in [7, 11) is 1.32. The molecular formula is C22H22N2O4S. The van der Waals surface area contributed by atoms with Crippen LogP contribution < -0.4 is 5.32 Å². The van der Waals surface area contributed by atoms with Crippen molar-refractivity contribution in [3.63, 3.8) is 0 Å². The second kappa shape index (κ2) is 7.55. The SMILES string of the molecule is COC(=O)c1ccc(C)c(NC(=O)[C@H]2CS[C@@]3(c4ccccc4)CCC(=O)N23)c1. The van der Waals surface area contributed by atoms with Gasteiger partial charge in [-0.05, 0) is 36.6 Å². The Balaban J connectivity index is 1.61. The van der Waals surface area contributed by atoms with Gasteiger partial charge in [0, 0.05) is 17.9 Å². The number of benzene rings is 2. The van der Waals surface area contributed by atoms with E-state index in [1.165, 1.54) is 7.11 Å². The van der Waals surface area contributed by atoms with Crippen molar-refractivity contribution in [2.75, 3.05) is 18.2 Å². The number of amides is 2. The Morgan fingerprint density at radius 3 is 2.69 bits per heavy atom. The molecule has 0 spiro atoms. The fraction of sp³-hybridized carbons (Fsp3) is 0.318. The van der Waals surface area contributed by atoms with Gasteiger partial charge in [0.1, 0.15) is 10.9 Å². The topological polar surface area (TPSA) is 75.7 Å². The Labute approximate surface area is 173 Å². The van der Waals surface area contributed by atoms with E-state index in [2.05, 4.69) is 5.32 Å². The highest BCUT2D eigenvalue weighted by molar-refractivity contribution is 8.00. The Kier molecular flexibility index (Phi) is 5.08. The number of carbonyl (C=O) groups is 3. The average molecular weight is 410 g/mol. The molecule has 2 aromatic carbocycles. The molecule has 150 valence electrons. The number of thioether (sulfide) groups is 1. The molecule has 4 rings (SSSR count). The van der Waals surface area contributed by atoms with Crippen LogP contribution in [0.15, 0.2) is 48.5 Å². The number of aryl methyl sites for hydroxylation is 1. The summed E-state index contributed by atoms with van der Waals surface area (Å²) in [5.74, 6) is -0.174. The molecule has 2 aliphatic heterocycles. The Morgan fingerprint density at radius 1 is 1.21 bits per heavy atom. The van der Waals surface area contributed by atoms with Gasteiger partial charge in [0.05, 0.1) is 12.7 Å². The summed E-state index contributed by atoms with van der Waals surface area (Å²) in [4.78, 5) is 39.0. The molecule has 2 atom stereocenters. The summed E-state index contributed by atoms with van der Waals surface area (Å²) in [5.41, 5.74) is 2.80. The van der Waals surface area contributed by atoms with Gasteiger partial charge in [0.15, 0.2) is 0 Å². The number of hydrogen-bond donors (Lipinski definition) is 1. The highest BCUT2D eigenvalue weighted by Gasteiger charge is 2.56. The Hall–Kier alpha value is -2.80. The van der Waals surface area contributed by atoms with E-state index < -0.39 is 16.9 Å². The second-order valence-corrected chi connectivity index (χ2v) is 8.55. The molecule has 0 saturated carbocycles. The van der Waals surface area contributed by atoms with Crippen LogP contribution in [0.25, 0.3) is 0 Å². The second-order valence-electron chi connectivity index (χ2n) is 7.25. The highest BCUT2D eigenvalue weighted by atomic mass is 32.2. The third-order valence-electron chi connectivity index (χ3n) is 5.57. The zero-order chi connectivity index (χ0) is 20.6. The molecule has 7 heteroatoms. The Morgan fingerprint density at radius 2 is 1.97 bits per heavy atom. The van der Waals surface area contributed by atoms with Crippen LogP contribution in [0, 0.1) is 6.92 Å². The minimum atomic E-state index is -0.559. The standard InChI is InChI=1S/C22H22N2O4S/c1-14-8-9-15(21(27)28-2)12-17(14)23-20(26)18-13-29-22(11-10-19(25)24(18)22)16-6-4-3-5-7-16/h3-9,12,18H,10-11,13H2,1-2H3,(H,23,26)/t18-,22-/m1/s1. The van der Waals surface area contributed by atoms with E-state index in [4.69, 9.17) is 4.74 Å². The zero-order valence-electron chi connectivity index (χ0n) is 16.3. The fourth-order valence-electron chi connectivity index (χ4n) is 4.05. The van der Waals surface area contributed by atoms with Crippen LogP contribution in [-0.2, 0) is 19.2 Å². The summed E-state index contributed by atoms with van der Waals surface area (Å²) in [5, 5.41) is 2.92. The lowest BCUT2D eigenvalue weighted by Crippen LogP contribution is -2.48. The molecule has 2 saturated heterocycles. The van der Waals surface area contributed by atoms with Crippen molar-refractivity contribution in [3.8, 4) is 0 Å². The van der Waals surface area contributed by atoms with Crippen molar-refractivity contribution in [2.45, 2.75) is 30.7 Å². The van der Waals surface area contributed by atoms with E-state index in [0.29, 0.717) is 29.8 Å². The molecule has 2 amide bonds. The third kappa shape index (κ3) is 3.29. The first kappa shape index (κ1) is 19.5. The number of hydrogen-bond acceptors (Lipinski definition) is 5. The van der Waals surface area contributed by atoms with Crippen LogP contribution in [0.1, 0.15) is 34.3 Å². The van der Waals surface area contributed by atoms with Gasteiger partial charge in [-0.1, -0.05) is 36.4 Å². The lowest BCUT2D eigenvalue weighted by atomic mass is 10.0. The fourth-order valence-corrected chi connectivity index (χ4v) is 5.70. The van der Waals surface area contributed by atoms with E-state index >= 15 is 0 Å². The maximum absolute atomic E-state index is 13.1. The highest BCUT2D eigenvalue weighted by Crippen LogP contribution is 2.54. The molecule has 2 heterocycles. The van der Waals surface area contributed by atoms with Crippen molar-refractivity contribution < 1.29 is 19.1 Å². The molecule has 0 unspecified atom stereocenters.